The number of rotatable bonds is 3. The number of hydrogen-bond acceptors (Lipinski definition) is 4. The first-order chi connectivity index (χ1) is 13.0. The molecule has 1 aliphatic heterocycles. The lowest BCUT2D eigenvalue weighted by molar-refractivity contribution is 0.0989. The first kappa shape index (κ1) is 16.4. The number of carbonyl (C=O) groups excluding carboxylic acids is 1. The van der Waals surface area contributed by atoms with Crippen molar-refractivity contribution in [3.8, 4) is 0 Å². The minimum atomic E-state index is 0.0196. The minimum Gasteiger partial charge on any atom is -0.306 e. The third-order valence-corrected chi connectivity index (χ3v) is 5.66. The lowest BCUT2D eigenvalue weighted by atomic mass is 10.1. The van der Waals surface area contributed by atoms with E-state index in [0.717, 1.165) is 35.3 Å². The number of carbonyl (C=O) groups is 1. The SMILES string of the molecule is CC1CN(C(=O)c2cc(C3CC3)nc3c2cnn3C(C)C)c2cnccc21. The maximum absolute atomic E-state index is 13.6. The average molecular weight is 361 g/mol. The molecule has 1 unspecified atom stereocenters. The van der Waals surface area contributed by atoms with Crippen molar-refractivity contribution in [2.75, 3.05) is 11.4 Å². The van der Waals surface area contributed by atoms with Crippen LogP contribution < -0.4 is 4.90 Å². The first-order valence-electron chi connectivity index (χ1n) is 9.68. The number of hydrogen-bond donors (Lipinski definition) is 0. The van der Waals surface area contributed by atoms with Crippen LogP contribution in [0, 0.1) is 0 Å². The van der Waals surface area contributed by atoms with Gasteiger partial charge >= 0.3 is 0 Å². The molecule has 27 heavy (non-hydrogen) atoms. The van der Waals surface area contributed by atoms with Crippen molar-refractivity contribution in [3.63, 3.8) is 0 Å². The lowest BCUT2D eigenvalue weighted by Gasteiger charge is -2.18. The molecular formula is C21H23N5O. The number of fused-ring (bicyclic) bond motifs is 2. The predicted octanol–water partition coefficient (Wildman–Crippen LogP) is 4.05. The molecule has 1 atom stereocenters. The topological polar surface area (TPSA) is 63.9 Å². The van der Waals surface area contributed by atoms with Crippen molar-refractivity contribution in [3.05, 3.63) is 47.5 Å². The fraction of sp³-hybridized carbons (Fsp3) is 0.429. The van der Waals surface area contributed by atoms with Crippen LogP contribution >= 0.6 is 0 Å². The molecule has 0 spiro atoms. The Morgan fingerprint density at radius 3 is 2.81 bits per heavy atom. The summed E-state index contributed by atoms with van der Waals surface area (Å²) in [5.41, 5.74) is 4.65. The fourth-order valence-electron chi connectivity index (χ4n) is 4.03. The summed E-state index contributed by atoms with van der Waals surface area (Å²) in [5, 5.41) is 5.35. The van der Waals surface area contributed by atoms with Gasteiger partial charge in [0, 0.05) is 36.3 Å². The Labute approximate surface area is 158 Å². The molecule has 1 saturated carbocycles. The second-order valence-electron chi connectivity index (χ2n) is 8.04. The van der Waals surface area contributed by atoms with Gasteiger partial charge in [-0.25, -0.2) is 9.67 Å². The quantitative estimate of drug-likeness (QED) is 0.706. The van der Waals surface area contributed by atoms with Gasteiger partial charge in [-0.1, -0.05) is 6.92 Å². The zero-order valence-electron chi connectivity index (χ0n) is 15.9. The summed E-state index contributed by atoms with van der Waals surface area (Å²) in [6.07, 6.45) is 7.68. The highest BCUT2D eigenvalue weighted by Gasteiger charge is 2.33. The van der Waals surface area contributed by atoms with Crippen molar-refractivity contribution < 1.29 is 4.79 Å². The fourth-order valence-corrected chi connectivity index (χ4v) is 4.03. The van der Waals surface area contributed by atoms with Crippen LogP contribution in [-0.4, -0.2) is 32.2 Å². The van der Waals surface area contributed by atoms with E-state index in [1.165, 1.54) is 5.56 Å². The van der Waals surface area contributed by atoms with Crippen LogP contribution in [0.3, 0.4) is 0 Å². The Morgan fingerprint density at radius 1 is 1.26 bits per heavy atom. The van der Waals surface area contributed by atoms with Crippen LogP contribution in [-0.2, 0) is 0 Å². The van der Waals surface area contributed by atoms with E-state index in [9.17, 15) is 4.79 Å². The molecule has 4 heterocycles. The number of aromatic nitrogens is 4. The zero-order valence-corrected chi connectivity index (χ0v) is 15.9. The van der Waals surface area contributed by atoms with E-state index < -0.39 is 0 Å². The Hall–Kier alpha value is -2.76. The molecule has 0 aromatic carbocycles. The molecule has 0 radical (unpaired) electrons. The molecule has 3 aromatic rings. The average Bonchev–Trinajstić information content (AvgIpc) is 3.34. The van der Waals surface area contributed by atoms with Crippen molar-refractivity contribution in [2.24, 2.45) is 0 Å². The van der Waals surface area contributed by atoms with Gasteiger partial charge in [0.15, 0.2) is 5.65 Å². The third-order valence-electron chi connectivity index (χ3n) is 5.66. The molecule has 3 aromatic heterocycles. The predicted molar refractivity (Wildman–Crippen MR) is 104 cm³/mol. The Kier molecular flexibility index (Phi) is 3.57. The summed E-state index contributed by atoms with van der Waals surface area (Å²) in [7, 11) is 0. The molecule has 138 valence electrons. The van der Waals surface area contributed by atoms with E-state index in [-0.39, 0.29) is 11.9 Å². The summed E-state index contributed by atoms with van der Waals surface area (Å²) < 4.78 is 1.92. The molecule has 1 amide bonds. The summed E-state index contributed by atoms with van der Waals surface area (Å²) >= 11 is 0. The number of nitrogens with zero attached hydrogens (tertiary/aromatic N) is 5. The highest BCUT2D eigenvalue weighted by molar-refractivity contribution is 6.14. The van der Waals surface area contributed by atoms with Gasteiger partial charge < -0.3 is 4.90 Å². The maximum Gasteiger partial charge on any atom is 0.259 e. The molecule has 0 bridgehead atoms. The summed E-state index contributed by atoms with van der Waals surface area (Å²) in [4.78, 5) is 24.5. The smallest absolute Gasteiger partial charge is 0.259 e. The van der Waals surface area contributed by atoms with E-state index in [4.69, 9.17) is 4.98 Å². The zero-order chi connectivity index (χ0) is 18.7. The minimum absolute atomic E-state index is 0.0196. The molecule has 1 fully saturated rings. The normalized spacial score (nSPS) is 19.1. The van der Waals surface area contributed by atoms with Crippen LogP contribution in [0.5, 0.6) is 0 Å². The van der Waals surface area contributed by atoms with Crippen molar-refractivity contribution in [1.29, 1.82) is 0 Å². The van der Waals surface area contributed by atoms with Gasteiger partial charge in [0.2, 0.25) is 0 Å². The van der Waals surface area contributed by atoms with E-state index in [0.29, 0.717) is 23.9 Å². The van der Waals surface area contributed by atoms with Crippen LogP contribution in [0.4, 0.5) is 5.69 Å². The van der Waals surface area contributed by atoms with Gasteiger partial charge in [-0.15, -0.1) is 0 Å². The highest BCUT2D eigenvalue weighted by atomic mass is 16.2. The lowest BCUT2D eigenvalue weighted by Crippen LogP contribution is -2.30. The summed E-state index contributed by atoms with van der Waals surface area (Å²) in [5.74, 6) is 0.805. The first-order valence-corrected chi connectivity index (χ1v) is 9.68. The van der Waals surface area contributed by atoms with Gasteiger partial charge in [-0.05, 0) is 44.4 Å². The number of pyridine rings is 2. The second-order valence-corrected chi connectivity index (χ2v) is 8.04. The number of amides is 1. The van der Waals surface area contributed by atoms with Gasteiger partial charge in [-0.2, -0.15) is 5.10 Å². The largest absolute Gasteiger partial charge is 0.306 e. The van der Waals surface area contributed by atoms with Crippen LogP contribution in [0.2, 0.25) is 0 Å². The Bertz CT molecular complexity index is 1050. The molecule has 2 aliphatic rings. The van der Waals surface area contributed by atoms with E-state index in [2.05, 4.69) is 30.9 Å². The Morgan fingerprint density at radius 2 is 2.07 bits per heavy atom. The van der Waals surface area contributed by atoms with E-state index >= 15 is 0 Å². The van der Waals surface area contributed by atoms with Crippen LogP contribution in [0.15, 0.2) is 30.7 Å². The van der Waals surface area contributed by atoms with Crippen molar-refractivity contribution in [1.82, 2.24) is 19.7 Å². The molecule has 0 N–H and O–H groups in total. The van der Waals surface area contributed by atoms with Crippen LogP contribution in [0.25, 0.3) is 11.0 Å². The van der Waals surface area contributed by atoms with Crippen molar-refractivity contribution in [2.45, 2.75) is 51.5 Å². The molecule has 1 aliphatic carbocycles. The van der Waals surface area contributed by atoms with E-state index in [1.54, 1.807) is 18.6 Å². The molecule has 6 nitrogen and oxygen atoms in total. The van der Waals surface area contributed by atoms with Gasteiger partial charge in [0.1, 0.15) is 0 Å². The second kappa shape index (κ2) is 5.87. The standard InChI is InChI=1S/C21H23N5O/c1-12(2)26-20-17(9-23-26)16(8-18(24-20)14-4-5-14)21(27)25-11-13(3)15-6-7-22-10-19(15)25/h6-10,12-14H,4-5,11H2,1-3H3. The molecular weight excluding hydrogens is 338 g/mol. The summed E-state index contributed by atoms with van der Waals surface area (Å²) in [6.45, 7) is 7.01. The molecule has 0 saturated heterocycles. The van der Waals surface area contributed by atoms with E-state index in [1.807, 2.05) is 21.7 Å². The Balaban J connectivity index is 1.65. The van der Waals surface area contributed by atoms with Crippen molar-refractivity contribution >= 4 is 22.6 Å². The molecule has 5 rings (SSSR count). The van der Waals surface area contributed by atoms with Crippen LogP contribution in [0.1, 0.15) is 73.1 Å². The number of anilines is 1. The monoisotopic (exact) mass is 361 g/mol. The van der Waals surface area contributed by atoms with Gasteiger partial charge in [0.25, 0.3) is 5.91 Å². The van der Waals surface area contributed by atoms with Gasteiger partial charge in [-0.3, -0.25) is 9.78 Å². The highest BCUT2D eigenvalue weighted by Crippen LogP contribution is 2.41. The maximum atomic E-state index is 13.6. The third kappa shape index (κ3) is 2.54. The van der Waals surface area contributed by atoms with Gasteiger partial charge in [0.05, 0.1) is 29.0 Å². The summed E-state index contributed by atoms with van der Waals surface area (Å²) in [6, 6.07) is 4.21. The molecule has 6 heteroatoms.